The summed E-state index contributed by atoms with van der Waals surface area (Å²) < 4.78 is 39.2. The number of β-amino-alcohol motifs (C(OH)–C–C–N with tert-alkyl or cyclic N) is 1. The summed E-state index contributed by atoms with van der Waals surface area (Å²) in [6, 6.07) is 6.03. The molecule has 1 saturated heterocycles. The summed E-state index contributed by atoms with van der Waals surface area (Å²) in [5, 5.41) is 10.3. The van der Waals surface area contributed by atoms with Gasteiger partial charge in [0.05, 0.1) is 11.7 Å². The van der Waals surface area contributed by atoms with E-state index in [0.29, 0.717) is 6.04 Å². The van der Waals surface area contributed by atoms with E-state index in [2.05, 4.69) is 9.80 Å². The maximum Gasteiger partial charge on any atom is 0.416 e. The summed E-state index contributed by atoms with van der Waals surface area (Å²) >= 11 is 0. The van der Waals surface area contributed by atoms with Crippen LogP contribution in [-0.2, 0) is 6.18 Å². The van der Waals surface area contributed by atoms with Gasteiger partial charge in [-0.2, -0.15) is 13.2 Å². The first-order chi connectivity index (χ1) is 10.9. The highest BCUT2D eigenvalue weighted by atomic mass is 19.4. The smallest absolute Gasteiger partial charge is 0.387 e. The van der Waals surface area contributed by atoms with E-state index >= 15 is 0 Å². The monoisotopic (exact) mass is 328 g/mol. The normalized spacial score (nSPS) is 22.8. The molecule has 0 spiro atoms. The van der Waals surface area contributed by atoms with Gasteiger partial charge in [-0.3, -0.25) is 9.80 Å². The minimum Gasteiger partial charge on any atom is -0.387 e. The number of aliphatic hydroxyl groups is 1. The Balaban J connectivity index is 1.64. The van der Waals surface area contributed by atoms with Gasteiger partial charge in [0.15, 0.2) is 0 Å². The third-order valence-electron chi connectivity index (χ3n) is 4.74. The van der Waals surface area contributed by atoms with Crippen molar-refractivity contribution in [3.8, 4) is 0 Å². The van der Waals surface area contributed by atoms with Crippen LogP contribution in [0.3, 0.4) is 0 Å². The molecule has 0 radical (unpaired) electrons. The van der Waals surface area contributed by atoms with E-state index in [-0.39, 0.29) is 12.1 Å². The highest BCUT2D eigenvalue weighted by Gasteiger charge is 2.35. The first-order valence-electron chi connectivity index (χ1n) is 8.26. The zero-order chi connectivity index (χ0) is 16.4. The number of halogens is 3. The van der Waals surface area contributed by atoms with Gasteiger partial charge in [-0.25, -0.2) is 0 Å². The molecule has 3 nitrogen and oxygen atoms in total. The fraction of sp³-hybridized carbons (Fsp3) is 0.647. The molecule has 2 aliphatic rings. The lowest BCUT2D eigenvalue weighted by molar-refractivity contribution is -0.139. The van der Waals surface area contributed by atoms with Crippen molar-refractivity contribution in [2.45, 2.75) is 37.6 Å². The molecule has 0 bridgehead atoms. The molecule has 1 aromatic rings. The van der Waals surface area contributed by atoms with Gasteiger partial charge in [0, 0.05) is 25.7 Å². The number of nitrogens with zero attached hydrogens (tertiary/aromatic N) is 2. The highest BCUT2D eigenvalue weighted by molar-refractivity contribution is 5.31. The lowest BCUT2D eigenvalue weighted by Crippen LogP contribution is -2.34. The van der Waals surface area contributed by atoms with Crippen molar-refractivity contribution >= 4 is 0 Å². The van der Waals surface area contributed by atoms with Crippen LogP contribution in [0, 0.1) is 0 Å². The van der Waals surface area contributed by atoms with Crippen LogP contribution in [0.5, 0.6) is 0 Å². The van der Waals surface area contributed by atoms with Gasteiger partial charge in [0.1, 0.15) is 0 Å². The molecule has 23 heavy (non-hydrogen) atoms. The van der Waals surface area contributed by atoms with Crippen molar-refractivity contribution in [3.63, 3.8) is 0 Å². The first-order valence-corrected chi connectivity index (χ1v) is 8.26. The van der Waals surface area contributed by atoms with Gasteiger partial charge in [0.2, 0.25) is 0 Å². The van der Waals surface area contributed by atoms with E-state index in [0.717, 1.165) is 38.7 Å². The molecule has 6 heteroatoms. The lowest BCUT2D eigenvalue weighted by Gasteiger charge is -2.25. The summed E-state index contributed by atoms with van der Waals surface area (Å²) in [5.74, 6) is 0. The zero-order valence-corrected chi connectivity index (χ0v) is 13.1. The SMILES string of the molecule is O[C@H](CN1CCCN(C2CC2)CC1)c1ccccc1C(F)(F)F. The van der Waals surface area contributed by atoms with E-state index in [1.54, 1.807) is 6.07 Å². The third kappa shape index (κ3) is 4.25. The Morgan fingerprint density at radius 2 is 1.83 bits per heavy atom. The van der Waals surface area contributed by atoms with Crippen molar-refractivity contribution in [2.75, 3.05) is 32.7 Å². The molecule has 1 aliphatic carbocycles. The molecule has 0 aromatic heterocycles. The average molecular weight is 328 g/mol. The number of rotatable bonds is 4. The van der Waals surface area contributed by atoms with Crippen molar-refractivity contribution < 1.29 is 18.3 Å². The van der Waals surface area contributed by atoms with Crippen molar-refractivity contribution in [2.24, 2.45) is 0 Å². The van der Waals surface area contributed by atoms with Crippen LogP contribution >= 0.6 is 0 Å². The first kappa shape index (κ1) is 16.7. The standard InChI is InChI=1S/C17H23F3N2O/c18-17(19,20)15-5-2-1-4-14(15)16(23)12-21-8-3-9-22(11-10-21)13-6-7-13/h1-2,4-5,13,16,23H,3,6-12H2/t16-/m1/s1. The molecule has 1 aromatic carbocycles. The number of aliphatic hydroxyl groups excluding tert-OH is 1. The predicted molar refractivity (Wildman–Crippen MR) is 82.1 cm³/mol. The largest absolute Gasteiger partial charge is 0.416 e. The molecule has 1 atom stereocenters. The van der Waals surface area contributed by atoms with E-state index in [1.165, 1.54) is 25.0 Å². The van der Waals surface area contributed by atoms with E-state index in [9.17, 15) is 18.3 Å². The fourth-order valence-corrected chi connectivity index (χ4v) is 3.37. The van der Waals surface area contributed by atoms with Gasteiger partial charge in [-0.05, 0) is 44.0 Å². The topological polar surface area (TPSA) is 26.7 Å². The Hall–Kier alpha value is -1.11. The molecule has 128 valence electrons. The summed E-state index contributed by atoms with van der Waals surface area (Å²) in [5.41, 5.74) is -0.759. The predicted octanol–water partition coefficient (Wildman–Crippen LogP) is 2.91. The number of hydrogen-bond donors (Lipinski definition) is 1. The summed E-state index contributed by atoms with van der Waals surface area (Å²) in [6.45, 7) is 3.89. The van der Waals surface area contributed by atoms with Crippen LogP contribution in [0.2, 0.25) is 0 Å². The molecule has 0 amide bonds. The van der Waals surface area contributed by atoms with E-state index in [1.807, 2.05) is 0 Å². The molecule has 1 heterocycles. The maximum absolute atomic E-state index is 13.1. The second kappa shape index (κ2) is 6.79. The number of benzene rings is 1. The number of hydrogen-bond acceptors (Lipinski definition) is 3. The Bertz CT molecular complexity index is 531. The van der Waals surface area contributed by atoms with Gasteiger partial charge in [-0.15, -0.1) is 0 Å². The van der Waals surface area contributed by atoms with E-state index in [4.69, 9.17) is 0 Å². The Kier molecular flexibility index (Phi) is 4.94. The quantitative estimate of drug-likeness (QED) is 0.921. The van der Waals surface area contributed by atoms with Crippen LogP contribution in [0.25, 0.3) is 0 Å². The van der Waals surface area contributed by atoms with Gasteiger partial charge in [-0.1, -0.05) is 18.2 Å². The molecule has 1 aliphatic heterocycles. The molecule has 2 fully saturated rings. The van der Waals surface area contributed by atoms with Crippen LogP contribution < -0.4 is 0 Å². The molecular formula is C17H23F3N2O. The molecule has 0 unspecified atom stereocenters. The molecule has 1 N–H and O–H groups in total. The van der Waals surface area contributed by atoms with Crippen molar-refractivity contribution in [1.82, 2.24) is 9.80 Å². The Labute approximate surface area is 134 Å². The van der Waals surface area contributed by atoms with Crippen LogP contribution in [-0.4, -0.2) is 53.7 Å². The molecule has 1 saturated carbocycles. The minimum atomic E-state index is -4.43. The molecule has 3 rings (SSSR count). The fourth-order valence-electron chi connectivity index (χ4n) is 3.37. The molecular weight excluding hydrogens is 305 g/mol. The average Bonchev–Trinajstić information content (AvgIpc) is 3.33. The van der Waals surface area contributed by atoms with Crippen molar-refractivity contribution in [1.29, 1.82) is 0 Å². The van der Waals surface area contributed by atoms with Crippen LogP contribution in [0.1, 0.15) is 36.5 Å². The van der Waals surface area contributed by atoms with Crippen LogP contribution in [0.4, 0.5) is 13.2 Å². The minimum absolute atomic E-state index is 0.0247. The highest BCUT2D eigenvalue weighted by Crippen LogP contribution is 2.35. The van der Waals surface area contributed by atoms with Gasteiger partial charge in [0.25, 0.3) is 0 Å². The Morgan fingerprint density at radius 1 is 1.09 bits per heavy atom. The maximum atomic E-state index is 13.1. The summed E-state index contributed by atoms with van der Waals surface area (Å²) in [7, 11) is 0. The van der Waals surface area contributed by atoms with Gasteiger partial charge < -0.3 is 5.11 Å². The second-order valence-corrected chi connectivity index (χ2v) is 6.52. The van der Waals surface area contributed by atoms with E-state index < -0.39 is 17.8 Å². The third-order valence-corrected chi connectivity index (χ3v) is 4.74. The lowest BCUT2D eigenvalue weighted by atomic mass is 10.0. The van der Waals surface area contributed by atoms with Gasteiger partial charge >= 0.3 is 6.18 Å². The van der Waals surface area contributed by atoms with Crippen molar-refractivity contribution in [3.05, 3.63) is 35.4 Å². The summed E-state index contributed by atoms with van der Waals surface area (Å²) in [6.07, 6.45) is -2.01. The van der Waals surface area contributed by atoms with Crippen LogP contribution in [0.15, 0.2) is 24.3 Å². The zero-order valence-electron chi connectivity index (χ0n) is 13.1. The second-order valence-electron chi connectivity index (χ2n) is 6.52. The summed E-state index contributed by atoms with van der Waals surface area (Å²) in [4.78, 5) is 4.55. The Morgan fingerprint density at radius 3 is 2.52 bits per heavy atom. The number of alkyl halides is 3.